The summed E-state index contributed by atoms with van der Waals surface area (Å²) in [5.74, 6) is 0.106. The Balaban J connectivity index is 1.44. The van der Waals surface area contributed by atoms with Crippen LogP contribution in [0.1, 0.15) is 28.8 Å². The van der Waals surface area contributed by atoms with Gasteiger partial charge in [0, 0.05) is 29.6 Å². The normalized spacial score (nSPS) is 13.6. The van der Waals surface area contributed by atoms with E-state index in [1.165, 1.54) is 0 Å². The Kier molecular flexibility index (Phi) is 5.49. The highest BCUT2D eigenvalue weighted by Gasteiger charge is 2.32. The number of aromatic nitrogens is 1. The molecule has 1 saturated heterocycles. The van der Waals surface area contributed by atoms with Crippen LogP contribution in [-0.2, 0) is 4.79 Å². The van der Waals surface area contributed by atoms with Crippen LogP contribution in [0.5, 0.6) is 5.88 Å². The van der Waals surface area contributed by atoms with Gasteiger partial charge in [-0.1, -0.05) is 11.6 Å². The lowest BCUT2D eigenvalue weighted by molar-refractivity contribution is -0.140. The van der Waals surface area contributed by atoms with E-state index in [-0.39, 0.29) is 36.5 Å². The average molecular weight is 370 g/mol. The van der Waals surface area contributed by atoms with Gasteiger partial charge in [-0.3, -0.25) is 9.59 Å². The summed E-state index contributed by atoms with van der Waals surface area (Å²) in [6.45, 7) is 0.852. The van der Waals surface area contributed by atoms with Crippen molar-refractivity contribution in [2.75, 3.05) is 13.1 Å². The lowest BCUT2D eigenvalue weighted by Crippen LogP contribution is -2.56. The Bertz CT molecular complexity index is 855. The summed E-state index contributed by atoms with van der Waals surface area (Å²) < 4.78 is 5.65. The van der Waals surface area contributed by atoms with Gasteiger partial charge in [-0.2, -0.15) is 5.26 Å². The number of amides is 1. The first kappa shape index (κ1) is 17.9. The van der Waals surface area contributed by atoms with Gasteiger partial charge in [0.15, 0.2) is 5.78 Å². The Morgan fingerprint density at radius 2 is 1.96 bits per heavy atom. The van der Waals surface area contributed by atoms with E-state index in [9.17, 15) is 9.59 Å². The van der Waals surface area contributed by atoms with Crippen molar-refractivity contribution in [1.29, 1.82) is 5.26 Å². The van der Waals surface area contributed by atoms with Gasteiger partial charge in [0.25, 0.3) is 0 Å². The van der Waals surface area contributed by atoms with Crippen molar-refractivity contribution >= 4 is 23.3 Å². The van der Waals surface area contributed by atoms with Crippen molar-refractivity contribution in [1.82, 2.24) is 9.88 Å². The number of carbonyl (C=O) groups excluding carboxylic acids is 2. The van der Waals surface area contributed by atoms with Crippen molar-refractivity contribution in [2.24, 2.45) is 0 Å². The minimum Gasteiger partial charge on any atom is -0.470 e. The molecule has 6 nitrogen and oxygen atoms in total. The number of likely N-dealkylation sites (tertiary alicyclic amines) is 1. The molecule has 0 unspecified atom stereocenters. The Morgan fingerprint density at radius 1 is 1.23 bits per heavy atom. The molecule has 1 aromatic carbocycles. The third-order valence-electron chi connectivity index (χ3n) is 4.10. The standard InChI is InChI=1S/C19H16ClN3O3/c20-15-5-3-13(4-6-15)17(24)7-8-18(25)23-11-16(12-23)26-19-14(10-21)2-1-9-22-19/h1-6,9,16H,7-8,11-12H2. The zero-order chi connectivity index (χ0) is 18.5. The maximum absolute atomic E-state index is 12.2. The summed E-state index contributed by atoms with van der Waals surface area (Å²) in [6.07, 6.45) is 1.68. The van der Waals surface area contributed by atoms with Crippen LogP contribution in [0, 0.1) is 11.3 Å². The van der Waals surface area contributed by atoms with E-state index in [4.69, 9.17) is 21.6 Å². The SMILES string of the molecule is N#Cc1cccnc1OC1CN(C(=O)CCC(=O)c2ccc(Cl)cc2)C1. The fraction of sp³-hybridized carbons (Fsp3) is 0.263. The molecule has 0 radical (unpaired) electrons. The highest BCUT2D eigenvalue weighted by Crippen LogP contribution is 2.20. The number of carbonyl (C=O) groups is 2. The molecule has 0 bridgehead atoms. The van der Waals surface area contributed by atoms with Crippen LogP contribution >= 0.6 is 11.6 Å². The second-order valence-electron chi connectivity index (χ2n) is 5.94. The summed E-state index contributed by atoms with van der Waals surface area (Å²) in [5, 5.41) is 9.59. The van der Waals surface area contributed by atoms with E-state index in [1.54, 1.807) is 47.5 Å². The highest BCUT2D eigenvalue weighted by atomic mass is 35.5. The molecule has 1 aliphatic heterocycles. The van der Waals surface area contributed by atoms with Crippen LogP contribution < -0.4 is 4.74 Å². The monoisotopic (exact) mass is 369 g/mol. The first-order valence-electron chi connectivity index (χ1n) is 8.15. The number of rotatable bonds is 6. The van der Waals surface area contributed by atoms with Crippen molar-refractivity contribution in [2.45, 2.75) is 18.9 Å². The van der Waals surface area contributed by atoms with Gasteiger partial charge in [-0.15, -0.1) is 0 Å². The van der Waals surface area contributed by atoms with Crippen LogP contribution in [-0.4, -0.2) is 40.8 Å². The summed E-state index contributed by atoms with van der Waals surface area (Å²) >= 11 is 5.80. The van der Waals surface area contributed by atoms with E-state index in [2.05, 4.69) is 4.98 Å². The summed E-state index contributed by atoms with van der Waals surface area (Å²) in [7, 11) is 0. The quantitative estimate of drug-likeness (QED) is 0.731. The van der Waals surface area contributed by atoms with Gasteiger partial charge in [0.2, 0.25) is 11.8 Å². The number of hydrogen-bond donors (Lipinski definition) is 0. The molecule has 3 rings (SSSR count). The van der Waals surface area contributed by atoms with Crippen LogP contribution in [0.3, 0.4) is 0 Å². The molecule has 1 fully saturated rings. The number of nitriles is 1. The number of ketones is 1. The number of hydrogen-bond acceptors (Lipinski definition) is 5. The summed E-state index contributed by atoms with van der Waals surface area (Å²) in [6, 6.07) is 11.9. The molecule has 2 aromatic rings. The van der Waals surface area contributed by atoms with Crippen LogP contribution in [0.15, 0.2) is 42.6 Å². The first-order chi connectivity index (χ1) is 12.6. The molecular formula is C19H16ClN3O3. The molecule has 1 amide bonds. The minimum atomic E-state index is -0.187. The molecule has 1 aliphatic rings. The van der Waals surface area contributed by atoms with Gasteiger partial charge < -0.3 is 9.64 Å². The van der Waals surface area contributed by atoms with Gasteiger partial charge in [-0.25, -0.2) is 4.98 Å². The second-order valence-corrected chi connectivity index (χ2v) is 6.37. The molecule has 7 heteroatoms. The number of benzene rings is 1. The molecule has 0 N–H and O–H groups in total. The predicted octanol–water partition coefficient (Wildman–Crippen LogP) is 2.86. The van der Waals surface area contributed by atoms with E-state index in [1.807, 2.05) is 6.07 Å². The highest BCUT2D eigenvalue weighted by molar-refractivity contribution is 6.30. The van der Waals surface area contributed by atoms with Gasteiger partial charge >= 0.3 is 0 Å². The molecule has 1 aromatic heterocycles. The third-order valence-corrected chi connectivity index (χ3v) is 4.35. The van der Waals surface area contributed by atoms with Crippen molar-refractivity contribution in [3.05, 3.63) is 58.7 Å². The lowest BCUT2D eigenvalue weighted by atomic mass is 10.0. The second kappa shape index (κ2) is 7.98. The largest absolute Gasteiger partial charge is 0.470 e. The minimum absolute atomic E-state index is 0.0875. The zero-order valence-electron chi connectivity index (χ0n) is 13.9. The van der Waals surface area contributed by atoms with Gasteiger partial charge in [0.1, 0.15) is 17.7 Å². The van der Waals surface area contributed by atoms with Crippen molar-refractivity contribution < 1.29 is 14.3 Å². The summed E-state index contributed by atoms with van der Waals surface area (Å²) in [4.78, 5) is 29.9. The van der Waals surface area contributed by atoms with E-state index in [0.29, 0.717) is 29.2 Å². The molecule has 0 saturated carbocycles. The number of ether oxygens (including phenoxy) is 1. The van der Waals surface area contributed by atoms with Gasteiger partial charge in [-0.05, 0) is 36.4 Å². The van der Waals surface area contributed by atoms with Crippen LogP contribution in [0.4, 0.5) is 0 Å². The predicted molar refractivity (Wildman–Crippen MR) is 95.0 cm³/mol. The Morgan fingerprint density at radius 3 is 2.65 bits per heavy atom. The maximum atomic E-state index is 12.2. The number of nitrogens with zero attached hydrogens (tertiary/aromatic N) is 3. The fourth-order valence-electron chi connectivity index (χ4n) is 2.60. The van der Waals surface area contributed by atoms with E-state index >= 15 is 0 Å². The molecule has 132 valence electrons. The van der Waals surface area contributed by atoms with Crippen molar-refractivity contribution in [3.63, 3.8) is 0 Å². The zero-order valence-corrected chi connectivity index (χ0v) is 14.6. The molecule has 2 heterocycles. The fourth-order valence-corrected chi connectivity index (χ4v) is 2.73. The molecule has 0 aliphatic carbocycles. The van der Waals surface area contributed by atoms with E-state index < -0.39 is 0 Å². The Hall–Kier alpha value is -2.91. The molecule has 0 atom stereocenters. The summed E-state index contributed by atoms with van der Waals surface area (Å²) in [5.41, 5.74) is 0.914. The smallest absolute Gasteiger partial charge is 0.232 e. The topological polar surface area (TPSA) is 83.3 Å². The van der Waals surface area contributed by atoms with Crippen LogP contribution in [0.25, 0.3) is 0 Å². The lowest BCUT2D eigenvalue weighted by Gasteiger charge is -2.38. The number of pyridine rings is 1. The van der Waals surface area contributed by atoms with Gasteiger partial charge in [0.05, 0.1) is 13.1 Å². The number of Topliss-reactive ketones (excluding diaryl/α,β-unsaturated/α-hetero) is 1. The number of halogens is 1. The first-order valence-corrected chi connectivity index (χ1v) is 8.53. The molecular weight excluding hydrogens is 354 g/mol. The molecule has 0 spiro atoms. The third kappa shape index (κ3) is 4.19. The van der Waals surface area contributed by atoms with Crippen molar-refractivity contribution in [3.8, 4) is 11.9 Å². The maximum Gasteiger partial charge on any atom is 0.232 e. The molecule has 26 heavy (non-hydrogen) atoms. The van der Waals surface area contributed by atoms with Crippen LogP contribution in [0.2, 0.25) is 5.02 Å². The average Bonchev–Trinajstić information content (AvgIpc) is 2.63. The Labute approximate surface area is 156 Å². The van der Waals surface area contributed by atoms with E-state index in [0.717, 1.165) is 0 Å².